The third-order valence-corrected chi connectivity index (χ3v) is 5.43. The fourth-order valence-corrected chi connectivity index (χ4v) is 4.20. The molecular formula is C15H9Cl2N3O2S. The van der Waals surface area contributed by atoms with Crippen molar-refractivity contribution in [2.45, 2.75) is 19.3 Å². The summed E-state index contributed by atoms with van der Waals surface area (Å²) in [5.41, 5.74) is 1.84. The summed E-state index contributed by atoms with van der Waals surface area (Å²) in [7, 11) is 0. The van der Waals surface area contributed by atoms with Crippen LogP contribution in [0.2, 0.25) is 10.0 Å². The highest BCUT2D eigenvalue weighted by Crippen LogP contribution is 2.40. The summed E-state index contributed by atoms with van der Waals surface area (Å²) in [5.74, 6) is 0. The van der Waals surface area contributed by atoms with Crippen LogP contribution in [0.25, 0.3) is 0 Å². The number of nitro benzene ring substituents is 1. The zero-order valence-corrected chi connectivity index (χ0v) is 14.0. The van der Waals surface area contributed by atoms with E-state index in [0.29, 0.717) is 16.1 Å². The number of rotatable bonds is 3. The first-order valence-electron chi connectivity index (χ1n) is 6.73. The van der Waals surface area contributed by atoms with Crippen molar-refractivity contribution < 1.29 is 4.92 Å². The van der Waals surface area contributed by atoms with Crippen LogP contribution >= 0.6 is 34.5 Å². The largest absolute Gasteiger partial charge is 0.288 e. The number of hydrogen-bond donors (Lipinski definition) is 0. The number of aliphatic imine (C=N–C) groups is 1. The number of nitro groups is 1. The number of halogens is 2. The van der Waals surface area contributed by atoms with E-state index in [-0.39, 0.29) is 15.7 Å². The number of nitriles is 1. The fourth-order valence-electron chi connectivity index (χ4n) is 2.52. The van der Waals surface area contributed by atoms with Crippen LogP contribution in [0.15, 0.2) is 17.1 Å². The number of nitrogens with zero attached hydrogens (tertiary/aromatic N) is 3. The molecule has 0 atom stereocenters. The highest BCUT2D eigenvalue weighted by Gasteiger charge is 2.22. The minimum Gasteiger partial charge on any atom is -0.258 e. The summed E-state index contributed by atoms with van der Waals surface area (Å²) in [6.07, 6.45) is 4.37. The van der Waals surface area contributed by atoms with Gasteiger partial charge in [0.25, 0.3) is 5.69 Å². The Bertz CT molecular complexity index is 884. The van der Waals surface area contributed by atoms with Gasteiger partial charge in [0.05, 0.1) is 15.5 Å². The Morgan fingerprint density at radius 2 is 2.13 bits per heavy atom. The van der Waals surface area contributed by atoms with Crippen LogP contribution < -0.4 is 0 Å². The molecular weight excluding hydrogens is 357 g/mol. The molecule has 0 saturated heterocycles. The molecule has 0 spiro atoms. The van der Waals surface area contributed by atoms with Crippen molar-refractivity contribution in [3.8, 4) is 6.07 Å². The summed E-state index contributed by atoms with van der Waals surface area (Å²) in [6, 6.07) is 4.80. The minimum atomic E-state index is -0.573. The SMILES string of the molecule is N#Cc1c(N=Cc2cc([N+](=O)[O-])c(Cl)cc2Cl)sc2c1CCC2. The molecule has 0 bridgehead atoms. The molecule has 0 saturated carbocycles. The molecule has 1 aromatic carbocycles. The molecule has 0 N–H and O–H groups in total. The van der Waals surface area contributed by atoms with E-state index in [1.165, 1.54) is 34.6 Å². The van der Waals surface area contributed by atoms with Crippen LogP contribution in [0.1, 0.15) is 28.0 Å². The molecule has 2 aromatic rings. The van der Waals surface area contributed by atoms with Crippen molar-refractivity contribution in [3.05, 3.63) is 53.9 Å². The molecule has 5 nitrogen and oxygen atoms in total. The smallest absolute Gasteiger partial charge is 0.258 e. The van der Waals surface area contributed by atoms with Gasteiger partial charge in [-0.3, -0.25) is 10.1 Å². The van der Waals surface area contributed by atoms with Gasteiger partial charge >= 0.3 is 0 Å². The second-order valence-corrected chi connectivity index (χ2v) is 6.89. The standard InChI is InChI=1S/C15H9Cl2N3O2S/c16-11-5-12(17)13(20(21)22)4-8(11)7-19-15-10(6-18)9-2-1-3-14(9)23-15/h4-5,7H,1-3H2. The minimum absolute atomic E-state index is 0.0232. The van der Waals surface area contributed by atoms with Gasteiger partial charge in [0.1, 0.15) is 16.1 Å². The molecule has 116 valence electrons. The van der Waals surface area contributed by atoms with Gasteiger partial charge in [0.15, 0.2) is 0 Å². The molecule has 0 fully saturated rings. The van der Waals surface area contributed by atoms with Crippen molar-refractivity contribution in [3.63, 3.8) is 0 Å². The zero-order chi connectivity index (χ0) is 16.6. The topological polar surface area (TPSA) is 79.3 Å². The lowest BCUT2D eigenvalue weighted by Gasteiger charge is -2.00. The van der Waals surface area contributed by atoms with E-state index in [9.17, 15) is 15.4 Å². The van der Waals surface area contributed by atoms with Crippen LogP contribution in [-0.4, -0.2) is 11.1 Å². The molecule has 1 aliphatic rings. The predicted molar refractivity (Wildman–Crippen MR) is 91.4 cm³/mol. The number of hydrogen-bond acceptors (Lipinski definition) is 5. The molecule has 8 heteroatoms. The summed E-state index contributed by atoms with van der Waals surface area (Å²) in [5, 5.41) is 21.1. The third-order valence-electron chi connectivity index (χ3n) is 3.60. The van der Waals surface area contributed by atoms with Gasteiger partial charge in [-0.25, -0.2) is 4.99 Å². The van der Waals surface area contributed by atoms with Crippen molar-refractivity contribution in [2.24, 2.45) is 4.99 Å². The molecule has 1 aliphatic carbocycles. The van der Waals surface area contributed by atoms with Gasteiger partial charge in [-0.1, -0.05) is 23.2 Å². The average molecular weight is 366 g/mol. The Morgan fingerprint density at radius 3 is 2.83 bits per heavy atom. The normalized spacial score (nSPS) is 13.3. The van der Waals surface area contributed by atoms with E-state index < -0.39 is 4.92 Å². The van der Waals surface area contributed by atoms with E-state index in [2.05, 4.69) is 11.1 Å². The molecule has 1 heterocycles. The molecule has 0 radical (unpaired) electrons. The lowest BCUT2D eigenvalue weighted by molar-refractivity contribution is -0.384. The molecule has 1 aromatic heterocycles. The number of fused-ring (bicyclic) bond motifs is 1. The first kappa shape index (κ1) is 15.9. The monoisotopic (exact) mass is 365 g/mol. The van der Waals surface area contributed by atoms with Crippen molar-refractivity contribution >= 4 is 51.4 Å². The summed E-state index contributed by atoms with van der Waals surface area (Å²) in [4.78, 5) is 15.9. The fraction of sp³-hybridized carbons (Fsp3) is 0.200. The van der Waals surface area contributed by atoms with E-state index in [1.807, 2.05) is 0 Å². The van der Waals surface area contributed by atoms with Gasteiger partial charge in [-0.15, -0.1) is 11.3 Å². The Balaban J connectivity index is 2.00. The van der Waals surface area contributed by atoms with Crippen molar-refractivity contribution in [1.82, 2.24) is 0 Å². The maximum absolute atomic E-state index is 10.9. The van der Waals surface area contributed by atoms with Crippen molar-refractivity contribution in [1.29, 1.82) is 5.26 Å². The maximum atomic E-state index is 10.9. The summed E-state index contributed by atoms with van der Waals surface area (Å²) in [6.45, 7) is 0. The molecule has 3 rings (SSSR count). The Hall–Kier alpha value is -1.94. The maximum Gasteiger partial charge on any atom is 0.288 e. The van der Waals surface area contributed by atoms with Gasteiger partial charge in [0, 0.05) is 22.7 Å². The van der Waals surface area contributed by atoms with Crippen LogP contribution in [0, 0.1) is 21.4 Å². The lowest BCUT2D eigenvalue weighted by Crippen LogP contribution is -1.92. The van der Waals surface area contributed by atoms with Gasteiger partial charge in [-0.05, 0) is 30.9 Å². The van der Waals surface area contributed by atoms with Gasteiger partial charge in [0.2, 0.25) is 0 Å². The summed E-state index contributed by atoms with van der Waals surface area (Å²) >= 11 is 13.3. The van der Waals surface area contributed by atoms with Gasteiger partial charge < -0.3 is 0 Å². The first-order chi connectivity index (χ1) is 11.0. The quantitative estimate of drug-likeness (QED) is 0.432. The van der Waals surface area contributed by atoms with E-state index in [0.717, 1.165) is 24.8 Å². The first-order valence-corrected chi connectivity index (χ1v) is 8.30. The van der Waals surface area contributed by atoms with E-state index >= 15 is 0 Å². The van der Waals surface area contributed by atoms with Crippen LogP contribution in [-0.2, 0) is 12.8 Å². The molecule has 0 amide bonds. The third kappa shape index (κ3) is 2.95. The average Bonchev–Trinajstić information content (AvgIpc) is 3.06. The lowest BCUT2D eigenvalue weighted by atomic mass is 10.1. The van der Waals surface area contributed by atoms with Crippen molar-refractivity contribution in [2.75, 3.05) is 0 Å². The highest BCUT2D eigenvalue weighted by molar-refractivity contribution is 7.16. The Labute approximate surface area is 145 Å². The number of thiophene rings is 1. The molecule has 0 aliphatic heterocycles. The second-order valence-electron chi connectivity index (χ2n) is 4.99. The second kappa shape index (κ2) is 6.28. The van der Waals surface area contributed by atoms with Crippen LogP contribution in [0.4, 0.5) is 10.7 Å². The highest BCUT2D eigenvalue weighted by atomic mass is 35.5. The number of benzene rings is 1. The van der Waals surface area contributed by atoms with E-state index in [1.54, 1.807) is 0 Å². The summed E-state index contributed by atoms with van der Waals surface area (Å²) < 4.78 is 0. The van der Waals surface area contributed by atoms with Crippen LogP contribution in [0.5, 0.6) is 0 Å². The Morgan fingerprint density at radius 1 is 1.35 bits per heavy atom. The molecule has 0 unspecified atom stereocenters. The Kier molecular flexibility index (Phi) is 4.35. The number of aryl methyl sites for hydroxylation is 1. The van der Waals surface area contributed by atoms with E-state index in [4.69, 9.17) is 23.2 Å². The predicted octanol–water partition coefficient (Wildman–Crippen LogP) is 5.07. The van der Waals surface area contributed by atoms with Crippen LogP contribution in [0.3, 0.4) is 0 Å². The molecule has 23 heavy (non-hydrogen) atoms. The van der Waals surface area contributed by atoms with Gasteiger partial charge in [-0.2, -0.15) is 5.26 Å². The zero-order valence-electron chi connectivity index (χ0n) is 11.7.